The zero-order chi connectivity index (χ0) is 12.5. The lowest BCUT2D eigenvalue weighted by Gasteiger charge is -2.13. The van der Waals surface area contributed by atoms with E-state index < -0.39 is 0 Å². The van der Waals surface area contributed by atoms with Crippen molar-refractivity contribution in [2.75, 3.05) is 13.1 Å². The Balaban J connectivity index is 2.08. The van der Waals surface area contributed by atoms with Crippen molar-refractivity contribution >= 4 is 17.1 Å². The number of fused-ring (bicyclic) bond motifs is 1. The first-order valence-electron chi connectivity index (χ1n) is 6.33. The average molecular weight is 266 g/mol. The predicted octanol–water partition coefficient (Wildman–Crippen LogP) is 2.55. The molecule has 0 aromatic carbocycles. The van der Waals surface area contributed by atoms with Crippen LogP contribution in [0.2, 0.25) is 5.15 Å². The smallest absolute Gasteiger partial charge is 0.158 e. The summed E-state index contributed by atoms with van der Waals surface area (Å²) >= 11 is 6.13. The third-order valence-corrected chi connectivity index (χ3v) is 3.80. The van der Waals surface area contributed by atoms with Crippen LogP contribution in [0.15, 0.2) is 18.3 Å². The zero-order valence-electron chi connectivity index (χ0n) is 10.1. The predicted molar refractivity (Wildman–Crippen MR) is 71.3 cm³/mol. The molecule has 3 heterocycles. The van der Waals surface area contributed by atoms with Gasteiger partial charge in [0.15, 0.2) is 5.15 Å². The number of nitrogens with one attached hydrogen (secondary N) is 1. The zero-order valence-corrected chi connectivity index (χ0v) is 10.8. The van der Waals surface area contributed by atoms with Crippen molar-refractivity contribution in [3.05, 3.63) is 29.3 Å². The molecule has 0 amide bonds. The molecule has 1 aliphatic rings. The van der Waals surface area contributed by atoms with E-state index in [4.69, 9.17) is 11.6 Å². The Morgan fingerprint density at radius 2 is 2.33 bits per heavy atom. The fraction of sp³-hybridized carbons (Fsp3) is 0.462. The number of nitrogens with zero attached hydrogens (tertiary/aromatic N) is 2. The Bertz CT molecular complexity index is 559. The lowest BCUT2D eigenvalue weighted by atomic mass is 10.0. The minimum Gasteiger partial charge on any atom is -0.506 e. The second kappa shape index (κ2) is 4.78. The summed E-state index contributed by atoms with van der Waals surface area (Å²) < 4.78 is 1.91. The molecule has 96 valence electrons. The maximum Gasteiger partial charge on any atom is 0.158 e. The maximum atomic E-state index is 9.86. The van der Waals surface area contributed by atoms with Gasteiger partial charge in [-0.2, -0.15) is 0 Å². The minimum atomic E-state index is 0.183. The topological polar surface area (TPSA) is 49.6 Å². The highest BCUT2D eigenvalue weighted by molar-refractivity contribution is 6.33. The second-order valence-electron chi connectivity index (χ2n) is 4.77. The van der Waals surface area contributed by atoms with E-state index in [9.17, 15) is 5.11 Å². The first-order valence-corrected chi connectivity index (χ1v) is 6.71. The number of aromatic nitrogens is 2. The van der Waals surface area contributed by atoms with Crippen molar-refractivity contribution in [1.29, 1.82) is 0 Å². The molecule has 1 aliphatic heterocycles. The van der Waals surface area contributed by atoms with E-state index in [1.165, 1.54) is 12.8 Å². The van der Waals surface area contributed by atoms with E-state index >= 15 is 0 Å². The van der Waals surface area contributed by atoms with Crippen molar-refractivity contribution in [1.82, 2.24) is 14.7 Å². The van der Waals surface area contributed by atoms with Crippen molar-refractivity contribution in [2.45, 2.75) is 25.2 Å². The van der Waals surface area contributed by atoms with Crippen molar-refractivity contribution in [3.63, 3.8) is 0 Å². The molecule has 0 radical (unpaired) electrons. The van der Waals surface area contributed by atoms with Gasteiger partial charge in [-0.1, -0.05) is 18.0 Å². The van der Waals surface area contributed by atoms with Crippen LogP contribution in [0.5, 0.6) is 5.75 Å². The average Bonchev–Trinajstić information content (AvgIpc) is 2.56. The summed E-state index contributed by atoms with van der Waals surface area (Å²) in [7, 11) is 0. The first kappa shape index (κ1) is 11.8. The van der Waals surface area contributed by atoms with Crippen LogP contribution in [-0.4, -0.2) is 27.6 Å². The normalized spacial score (nSPS) is 21.1. The molecule has 0 bridgehead atoms. The Kier molecular flexibility index (Phi) is 3.14. The lowest BCUT2D eigenvalue weighted by Crippen LogP contribution is -2.20. The molecular weight excluding hydrogens is 250 g/mol. The number of pyridine rings is 1. The molecule has 18 heavy (non-hydrogen) atoms. The fourth-order valence-corrected chi connectivity index (χ4v) is 2.90. The van der Waals surface area contributed by atoms with Crippen LogP contribution in [0, 0.1) is 0 Å². The van der Waals surface area contributed by atoms with Crippen molar-refractivity contribution in [2.24, 2.45) is 0 Å². The maximum absolute atomic E-state index is 9.86. The van der Waals surface area contributed by atoms with Gasteiger partial charge >= 0.3 is 0 Å². The first-order chi connectivity index (χ1) is 8.77. The lowest BCUT2D eigenvalue weighted by molar-refractivity contribution is 0.478. The van der Waals surface area contributed by atoms with Crippen LogP contribution in [0.25, 0.3) is 5.52 Å². The van der Waals surface area contributed by atoms with Gasteiger partial charge in [-0.25, -0.2) is 4.98 Å². The monoisotopic (exact) mass is 265 g/mol. The molecule has 0 saturated carbocycles. The van der Waals surface area contributed by atoms with E-state index in [-0.39, 0.29) is 5.75 Å². The third kappa shape index (κ3) is 1.95. The number of hydrogen-bond donors (Lipinski definition) is 2. The van der Waals surface area contributed by atoms with Crippen LogP contribution in [0.1, 0.15) is 31.0 Å². The summed E-state index contributed by atoms with van der Waals surface area (Å²) in [6.45, 7) is 1.99. The highest BCUT2D eigenvalue weighted by atomic mass is 35.5. The number of rotatable bonds is 1. The van der Waals surface area contributed by atoms with Crippen LogP contribution in [0.3, 0.4) is 0 Å². The van der Waals surface area contributed by atoms with Crippen LogP contribution >= 0.6 is 11.6 Å². The standard InChI is InChI=1S/C13H16ClN3O/c14-12-11-10(18)5-3-7-17(11)13(16-12)9-4-1-2-6-15-8-9/h3,5,7,9,15,18H,1-2,4,6,8H2. The number of halogens is 1. The SMILES string of the molecule is Oc1cccn2c(C3CCCCNC3)nc(Cl)c12. The molecule has 0 spiro atoms. The van der Waals surface area contributed by atoms with Crippen molar-refractivity contribution in [3.8, 4) is 5.75 Å². The molecule has 2 N–H and O–H groups in total. The summed E-state index contributed by atoms with van der Waals surface area (Å²) in [5.41, 5.74) is 0.610. The summed E-state index contributed by atoms with van der Waals surface area (Å²) in [5.74, 6) is 1.48. The van der Waals surface area contributed by atoms with E-state index in [0.717, 1.165) is 25.3 Å². The van der Waals surface area contributed by atoms with E-state index in [1.807, 2.05) is 16.7 Å². The van der Waals surface area contributed by atoms with Crippen molar-refractivity contribution < 1.29 is 5.11 Å². The molecule has 1 unspecified atom stereocenters. The molecule has 5 heteroatoms. The van der Waals surface area contributed by atoms with Crippen LogP contribution < -0.4 is 5.32 Å². The largest absolute Gasteiger partial charge is 0.506 e. The number of aromatic hydroxyl groups is 1. The Labute approximate surface area is 111 Å². The number of hydrogen-bond acceptors (Lipinski definition) is 3. The minimum absolute atomic E-state index is 0.183. The molecule has 4 nitrogen and oxygen atoms in total. The van der Waals surface area contributed by atoms with Gasteiger partial charge in [0.2, 0.25) is 0 Å². The highest BCUT2D eigenvalue weighted by Crippen LogP contribution is 2.31. The van der Waals surface area contributed by atoms with Crippen LogP contribution in [-0.2, 0) is 0 Å². The van der Waals surface area contributed by atoms with Gasteiger partial charge in [0.1, 0.15) is 17.1 Å². The molecule has 2 aromatic rings. The summed E-state index contributed by atoms with van der Waals surface area (Å²) in [6, 6.07) is 3.45. The molecule has 1 atom stereocenters. The Morgan fingerprint density at radius 3 is 3.22 bits per heavy atom. The molecule has 1 saturated heterocycles. The quantitative estimate of drug-likeness (QED) is 0.833. The van der Waals surface area contributed by atoms with Gasteiger partial charge in [-0.3, -0.25) is 4.40 Å². The Morgan fingerprint density at radius 1 is 1.44 bits per heavy atom. The van der Waals surface area contributed by atoms with Gasteiger partial charge in [0, 0.05) is 18.7 Å². The van der Waals surface area contributed by atoms with E-state index in [1.54, 1.807) is 6.07 Å². The number of imidazole rings is 1. The molecule has 2 aromatic heterocycles. The van der Waals surface area contributed by atoms with Gasteiger partial charge in [-0.05, 0) is 31.5 Å². The molecular formula is C13H16ClN3O. The van der Waals surface area contributed by atoms with Gasteiger partial charge in [-0.15, -0.1) is 0 Å². The summed E-state index contributed by atoms with van der Waals surface area (Å²) in [4.78, 5) is 4.44. The highest BCUT2D eigenvalue weighted by Gasteiger charge is 2.21. The van der Waals surface area contributed by atoms with Crippen LogP contribution in [0.4, 0.5) is 0 Å². The van der Waals surface area contributed by atoms with Gasteiger partial charge < -0.3 is 10.4 Å². The van der Waals surface area contributed by atoms with Gasteiger partial charge in [0.05, 0.1) is 0 Å². The van der Waals surface area contributed by atoms with Gasteiger partial charge in [0.25, 0.3) is 0 Å². The summed E-state index contributed by atoms with van der Waals surface area (Å²) in [6.07, 6.45) is 5.42. The molecule has 1 fully saturated rings. The Hall–Kier alpha value is -1.26. The van der Waals surface area contributed by atoms with E-state index in [0.29, 0.717) is 16.6 Å². The van der Waals surface area contributed by atoms with E-state index in [2.05, 4.69) is 10.3 Å². The summed E-state index contributed by atoms with van der Waals surface area (Å²) in [5, 5.41) is 13.7. The molecule has 3 rings (SSSR count). The molecule has 0 aliphatic carbocycles. The fourth-order valence-electron chi connectivity index (χ4n) is 2.63. The third-order valence-electron chi connectivity index (χ3n) is 3.54. The second-order valence-corrected chi connectivity index (χ2v) is 5.13.